The fourth-order valence-corrected chi connectivity index (χ4v) is 3.26. The van der Waals surface area contributed by atoms with Gasteiger partial charge < -0.3 is 10.1 Å². The molecule has 3 rings (SSSR count). The van der Waals surface area contributed by atoms with Gasteiger partial charge >= 0.3 is 0 Å². The molecule has 0 aliphatic heterocycles. The number of rotatable bonds is 6. The Hall–Kier alpha value is -2.14. The number of carbonyl (C=O) groups excluding carboxylic acids is 1. The third-order valence-corrected chi connectivity index (χ3v) is 5.24. The van der Waals surface area contributed by atoms with Crippen LogP contribution in [-0.2, 0) is 10.8 Å². The average Bonchev–Trinajstić information content (AvgIpc) is 3.44. The number of nitrogens with one attached hydrogen (secondary N) is 1. The van der Waals surface area contributed by atoms with Crippen LogP contribution < -0.4 is 10.1 Å². The van der Waals surface area contributed by atoms with Crippen molar-refractivity contribution in [3.63, 3.8) is 0 Å². The third kappa shape index (κ3) is 3.85. The van der Waals surface area contributed by atoms with Crippen LogP contribution in [-0.4, -0.2) is 23.5 Å². The molecule has 0 radical (unpaired) electrons. The van der Waals surface area contributed by atoms with Gasteiger partial charge in [-0.1, -0.05) is 12.1 Å². The third-order valence-electron chi connectivity index (χ3n) is 4.30. The highest BCUT2D eigenvalue weighted by molar-refractivity contribution is 7.84. The van der Waals surface area contributed by atoms with E-state index in [0.717, 1.165) is 29.1 Å². The van der Waals surface area contributed by atoms with Crippen LogP contribution in [0.2, 0.25) is 0 Å². The monoisotopic (exact) mass is 343 g/mol. The number of hydrogen-bond acceptors (Lipinski definition) is 3. The van der Waals surface area contributed by atoms with E-state index in [0.29, 0.717) is 11.5 Å². The fourth-order valence-electron chi connectivity index (χ4n) is 2.74. The first kappa shape index (κ1) is 16.7. The molecule has 24 heavy (non-hydrogen) atoms. The molecule has 0 spiro atoms. The van der Waals surface area contributed by atoms with E-state index in [-0.39, 0.29) is 11.9 Å². The molecule has 1 aliphatic rings. The van der Waals surface area contributed by atoms with Crippen molar-refractivity contribution in [2.75, 3.05) is 13.4 Å². The quantitative estimate of drug-likeness (QED) is 0.875. The number of ether oxygens (including phenoxy) is 1. The summed E-state index contributed by atoms with van der Waals surface area (Å²) in [5.74, 6) is 1.20. The van der Waals surface area contributed by atoms with E-state index in [4.69, 9.17) is 4.74 Å². The number of amides is 1. The van der Waals surface area contributed by atoms with Gasteiger partial charge in [-0.25, -0.2) is 0 Å². The molecule has 1 N–H and O–H groups in total. The van der Waals surface area contributed by atoms with Crippen LogP contribution in [0.5, 0.6) is 5.75 Å². The summed E-state index contributed by atoms with van der Waals surface area (Å²) in [4.78, 5) is 13.3. The molecular formula is C19H21NO3S. The first-order valence-corrected chi connectivity index (χ1v) is 9.52. The summed E-state index contributed by atoms with van der Waals surface area (Å²) in [6, 6.07) is 14.8. The first-order chi connectivity index (χ1) is 11.6. The predicted molar refractivity (Wildman–Crippen MR) is 94.7 cm³/mol. The lowest BCUT2D eigenvalue weighted by molar-refractivity contribution is 0.0931. The van der Waals surface area contributed by atoms with Gasteiger partial charge in [0.2, 0.25) is 0 Å². The Kier molecular flexibility index (Phi) is 5.00. The zero-order valence-electron chi connectivity index (χ0n) is 13.8. The van der Waals surface area contributed by atoms with E-state index in [2.05, 4.69) is 5.32 Å². The van der Waals surface area contributed by atoms with Crippen LogP contribution in [0.4, 0.5) is 0 Å². The minimum absolute atomic E-state index is 0.0170. The summed E-state index contributed by atoms with van der Waals surface area (Å²) in [6.45, 7) is 0. The summed E-state index contributed by atoms with van der Waals surface area (Å²) in [6.07, 6.45) is 3.89. The van der Waals surface area contributed by atoms with Gasteiger partial charge in [-0.3, -0.25) is 9.00 Å². The van der Waals surface area contributed by atoms with Gasteiger partial charge in [-0.2, -0.15) is 0 Å². The van der Waals surface area contributed by atoms with Crippen molar-refractivity contribution in [3.05, 3.63) is 59.7 Å². The van der Waals surface area contributed by atoms with Crippen LogP contribution in [0.3, 0.4) is 0 Å². The van der Waals surface area contributed by atoms with Crippen molar-refractivity contribution in [1.82, 2.24) is 5.32 Å². The molecule has 2 aromatic rings. The molecule has 1 fully saturated rings. The van der Waals surface area contributed by atoms with Gasteiger partial charge in [0.15, 0.2) is 0 Å². The van der Waals surface area contributed by atoms with E-state index in [1.807, 2.05) is 24.3 Å². The molecule has 1 aliphatic carbocycles. The Morgan fingerprint density at radius 3 is 2.25 bits per heavy atom. The highest BCUT2D eigenvalue weighted by atomic mass is 32.2. The zero-order valence-corrected chi connectivity index (χ0v) is 14.6. The van der Waals surface area contributed by atoms with E-state index >= 15 is 0 Å². The fraction of sp³-hybridized carbons (Fsp3) is 0.316. The molecule has 0 heterocycles. The van der Waals surface area contributed by atoms with Gasteiger partial charge in [0.05, 0.1) is 13.2 Å². The number of methoxy groups -OCH3 is 1. The van der Waals surface area contributed by atoms with Crippen LogP contribution in [0.1, 0.15) is 34.8 Å². The van der Waals surface area contributed by atoms with Crippen molar-refractivity contribution in [1.29, 1.82) is 0 Å². The van der Waals surface area contributed by atoms with E-state index in [1.54, 1.807) is 37.6 Å². The number of carbonyl (C=O) groups is 1. The standard InChI is InChI=1S/C19H21NO3S/c1-23-16-9-5-14(6-10-16)18(13-3-4-13)20-19(21)15-7-11-17(12-8-15)24(2)22/h5-13,18H,3-4H2,1-2H3,(H,20,21). The maximum absolute atomic E-state index is 12.6. The normalized spacial score (nSPS) is 16.2. The van der Waals surface area contributed by atoms with Gasteiger partial charge in [0, 0.05) is 27.5 Å². The van der Waals surface area contributed by atoms with Crippen LogP contribution >= 0.6 is 0 Å². The molecule has 1 amide bonds. The molecule has 2 unspecified atom stereocenters. The second kappa shape index (κ2) is 7.18. The Morgan fingerprint density at radius 1 is 1.12 bits per heavy atom. The molecule has 0 aromatic heterocycles. The molecule has 2 atom stereocenters. The van der Waals surface area contributed by atoms with Crippen molar-refractivity contribution in [2.45, 2.75) is 23.8 Å². The first-order valence-electron chi connectivity index (χ1n) is 7.97. The lowest BCUT2D eigenvalue weighted by atomic mass is 10.0. The summed E-state index contributed by atoms with van der Waals surface area (Å²) in [7, 11) is 0.606. The van der Waals surface area contributed by atoms with Gasteiger partial charge in [-0.15, -0.1) is 0 Å². The average molecular weight is 343 g/mol. The summed E-state index contributed by atoms with van der Waals surface area (Å²) in [5, 5.41) is 3.14. The highest BCUT2D eigenvalue weighted by Crippen LogP contribution is 2.41. The Labute approximate surface area is 144 Å². The summed E-state index contributed by atoms with van der Waals surface area (Å²) in [5.41, 5.74) is 1.68. The molecule has 4 nitrogen and oxygen atoms in total. The summed E-state index contributed by atoms with van der Waals surface area (Å²) < 4.78 is 16.6. The lowest BCUT2D eigenvalue weighted by Gasteiger charge is -2.19. The number of benzene rings is 2. The van der Waals surface area contributed by atoms with E-state index in [9.17, 15) is 9.00 Å². The molecule has 5 heteroatoms. The number of hydrogen-bond donors (Lipinski definition) is 1. The van der Waals surface area contributed by atoms with Gasteiger partial charge in [0.25, 0.3) is 5.91 Å². The largest absolute Gasteiger partial charge is 0.497 e. The molecule has 1 saturated carbocycles. The topological polar surface area (TPSA) is 55.4 Å². The van der Waals surface area contributed by atoms with E-state index < -0.39 is 10.8 Å². The van der Waals surface area contributed by atoms with Crippen molar-refractivity contribution in [3.8, 4) is 5.75 Å². The van der Waals surface area contributed by atoms with Crippen molar-refractivity contribution < 1.29 is 13.7 Å². The van der Waals surface area contributed by atoms with Gasteiger partial charge in [0.1, 0.15) is 5.75 Å². The zero-order chi connectivity index (χ0) is 17.1. The minimum Gasteiger partial charge on any atom is -0.497 e. The summed E-state index contributed by atoms with van der Waals surface area (Å²) >= 11 is 0. The molecule has 0 bridgehead atoms. The van der Waals surface area contributed by atoms with Crippen LogP contribution in [0.15, 0.2) is 53.4 Å². The Balaban J connectivity index is 1.75. The molecule has 2 aromatic carbocycles. The van der Waals surface area contributed by atoms with Gasteiger partial charge in [-0.05, 0) is 60.7 Å². The second-order valence-electron chi connectivity index (χ2n) is 6.04. The molecule has 0 saturated heterocycles. The lowest BCUT2D eigenvalue weighted by Crippen LogP contribution is -2.29. The SMILES string of the molecule is COc1ccc(C(NC(=O)c2ccc(S(C)=O)cc2)C2CC2)cc1. The Morgan fingerprint density at radius 2 is 1.75 bits per heavy atom. The smallest absolute Gasteiger partial charge is 0.251 e. The van der Waals surface area contributed by atoms with E-state index in [1.165, 1.54) is 0 Å². The second-order valence-corrected chi connectivity index (χ2v) is 7.42. The maximum Gasteiger partial charge on any atom is 0.251 e. The minimum atomic E-state index is -1.04. The predicted octanol–water partition coefficient (Wildman–Crippen LogP) is 3.31. The van der Waals surface area contributed by atoms with Crippen LogP contribution in [0.25, 0.3) is 0 Å². The highest BCUT2D eigenvalue weighted by Gasteiger charge is 2.33. The van der Waals surface area contributed by atoms with Crippen LogP contribution in [0, 0.1) is 5.92 Å². The van der Waals surface area contributed by atoms with Crippen molar-refractivity contribution in [2.24, 2.45) is 5.92 Å². The molecule has 126 valence electrons. The molecular weight excluding hydrogens is 322 g/mol. The van der Waals surface area contributed by atoms with Crippen molar-refractivity contribution >= 4 is 16.7 Å². The Bertz CT molecular complexity index is 736. The maximum atomic E-state index is 12.6.